The molecule has 25 heavy (non-hydrogen) atoms. The zero-order valence-electron chi connectivity index (χ0n) is 13.5. The van der Waals surface area contributed by atoms with Gasteiger partial charge in [-0.25, -0.2) is 13.8 Å². The molecule has 0 unspecified atom stereocenters. The second kappa shape index (κ2) is 6.80. The van der Waals surface area contributed by atoms with Crippen LogP contribution in [0.2, 0.25) is 0 Å². The van der Waals surface area contributed by atoms with Crippen LogP contribution in [0.1, 0.15) is 0 Å². The van der Waals surface area contributed by atoms with Gasteiger partial charge in [-0.15, -0.1) is 11.3 Å². The highest BCUT2D eigenvalue weighted by Crippen LogP contribution is 2.29. The van der Waals surface area contributed by atoms with Crippen molar-refractivity contribution < 1.29 is 8.78 Å². The molecular weight excluding hydrogens is 340 g/mol. The van der Waals surface area contributed by atoms with Crippen molar-refractivity contribution in [3.63, 3.8) is 0 Å². The molecule has 6 heteroatoms. The Bertz CT molecular complexity index is 855. The van der Waals surface area contributed by atoms with Gasteiger partial charge in [0.1, 0.15) is 11.6 Å². The molecule has 0 saturated carbocycles. The Morgan fingerprint density at radius 3 is 2.24 bits per heavy atom. The maximum Gasteiger partial charge on any atom is 0.185 e. The summed E-state index contributed by atoms with van der Waals surface area (Å²) >= 11 is 1.58. The fourth-order valence-corrected chi connectivity index (χ4v) is 3.90. The third-order valence-electron chi connectivity index (χ3n) is 4.38. The molecule has 1 aliphatic rings. The molecule has 0 aliphatic carbocycles. The molecule has 0 atom stereocenters. The molecule has 0 radical (unpaired) electrons. The minimum absolute atomic E-state index is 0.177. The van der Waals surface area contributed by atoms with E-state index in [0.717, 1.165) is 42.6 Å². The van der Waals surface area contributed by atoms with Crippen LogP contribution in [0.5, 0.6) is 0 Å². The molecule has 1 aromatic heterocycles. The van der Waals surface area contributed by atoms with E-state index in [9.17, 15) is 8.78 Å². The highest BCUT2D eigenvalue weighted by Gasteiger charge is 2.21. The first-order valence-corrected chi connectivity index (χ1v) is 9.04. The highest BCUT2D eigenvalue weighted by molar-refractivity contribution is 7.14. The number of halogens is 2. The Hall–Kier alpha value is -2.47. The SMILES string of the molecule is Fc1ccc(-c2csc(N3CCN(c4ccccc4F)CC3)n2)cc1. The molecule has 0 bridgehead atoms. The summed E-state index contributed by atoms with van der Waals surface area (Å²) in [5.74, 6) is -0.424. The van der Waals surface area contributed by atoms with E-state index in [4.69, 9.17) is 0 Å². The summed E-state index contributed by atoms with van der Waals surface area (Å²) in [5.41, 5.74) is 2.43. The summed E-state index contributed by atoms with van der Waals surface area (Å²) in [4.78, 5) is 8.97. The lowest BCUT2D eigenvalue weighted by atomic mass is 10.2. The molecule has 3 nitrogen and oxygen atoms in total. The molecule has 0 spiro atoms. The van der Waals surface area contributed by atoms with Crippen molar-refractivity contribution in [1.29, 1.82) is 0 Å². The molecule has 3 aromatic rings. The normalized spacial score (nSPS) is 14.8. The Balaban J connectivity index is 1.45. The van der Waals surface area contributed by atoms with Crippen molar-refractivity contribution in [3.05, 3.63) is 65.5 Å². The Morgan fingerprint density at radius 2 is 1.52 bits per heavy atom. The maximum atomic E-state index is 13.9. The topological polar surface area (TPSA) is 19.4 Å². The van der Waals surface area contributed by atoms with Crippen LogP contribution in [0, 0.1) is 11.6 Å². The van der Waals surface area contributed by atoms with Crippen molar-refractivity contribution >= 4 is 22.2 Å². The van der Waals surface area contributed by atoms with Crippen LogP contribution in [-0.4, -0.2) is 31.2 Å². The second-order valence-electron chi connectivity index (χ2n) is 5.95. The Morgan fingerprint density at radius 1 is 0.840 bits per heavy atom. The molecule has 1 aliphatic heterocycles. The minimum atomic E-state index is -0.247. The van der Waals surface area contributed by atoms with Gasteiger partial charge in [0.05, 0.1) is 11.4 Å². The molecule has 2 heterocycles. The first-order valence-electron chi connectivity index (χ1n) is 8.16. The van der Waals surface area contributed by atoms with Gasteiger partial charge in [-0.3, -0.25) is 0 Å². The summed E-state index contributed by atoms with van der Waals surface area (Å²) in [6, 6.07) is 13.3. The fourth-order valence-electron chi connectivity index (χ4n) is 3.01. The Labute approximate surface area is 149 Å². The van der Waals surface area contributed by atoms with Crippen LogP contribution >= 0.6 is 11.3 Å². The van der Waals surface area contributed by atoms with E-state index in [1.54, 1.807) is 29.5 Å². The van der Waals surface area contributed by atoms with Crippen LogP contribution in [0.25, 0.3) is 11.3 Å². The lowest BCUT2D eigenvalue weighted by Gasteiger charge is -2.36. The lowest BCUT2D eigenvalue weighted by molar-refractivity contribution is 0.597. The van der Waals surface area contributed by atoms with Gasteiger partial charge in [0.25, 0.3) is 0 Å². The molecule has 0 amide bonds. The van der Waals surface area contributed by atoms with E-state index in [1.807, 2.05) is 17.5 Å². The average Bonchev–Trinajstić information content (AvgIpc) is 3.13. The van der Waals surface area contributed by atoms with Crippen LogP contribution in [-0.2, 0) is 0 Å². The summed E-state index contributed by atoms with van der Waals surface area (Å²) in [6.07, 6.45) is 0. The van der Waals surface area contributed by atoms with Crippen LogP contribution < -0.4 is 9.80 Å². The van der Waals surface area contributed by atoms with Gasteiger partial charge in [-0.1, -0.05) is 12.1 Å². The highest BCUT2D eigenvalue weighted by atomic mass is 32.1. The van der Waals surface area contributed by atoms with Crippen LogP contribution in [0.15, 0.2) is 53.9 Å². The van der Waals surface area contributed by atoms with Gasteiger partial charge < -0.3 is 9.80 Å². The van der Waals surface area contributed by atoms with Crippen LogP contribution in [0.3, 0.4) is 0 Å². The number of nitrogens with zero attached hydrogens (tertiary/aromatic N) is 3. The van der Waals surface area contributed by atoms with Crippen molar-refractivity contribution in [1.82, 2.24) is 4.98 Å². The number of aromatic nitrogens is 1. The fraction of sp³-hybridized carbons (Fsp3) is 0.211. The smallest absolute Gasteiger partial charge is 0.185 e. The number of piperazine rings is 1. The largest absolute Gasteiger partial charge is 0.366 e. The zero-order chi connectivity index (χ0) is 17.2. The van der Waals surface area contributed by atoms with Gasteiger partial charge in [0.2, 0.25) is 0 Å². The molecule has 4 rings (SSSR count). The summed E-state index contributed by atoms with van der Waals surface area (Å²) in [6.45, 7) is 3.11. The zero-order valence-corrected chi connectivity index (χ0v) is 14.3. The van der Waals surface area contributed by atoms with Crippen LogP contribution in [0.4, 0.5) is 19.6 Å². The number of benzene rings is 2. The van der Waals surface area contributed by atoms with Gasteiger partial charge in [0.15, 0.2) is 5.13 Å². The van der Waals surface area contributed by atoms with E-state index in [0.29, 0.717) is 5.69 Å². The summed E-state index contributed by atoms with van der Waals surface area (Å²) < 4.78 is 27.0. The van der Waals surface area contributed by atoms with E-state index >= 15 is 0 Å². The standard InChI is InChI=1S/C19H17F2N3S/c20-15-7-5-14(6-8-15)17-13-25-19(22-17)24-11-9-23(10-12-24)18-4-2-1-3-16(18)21/h1-8,13H,9-12H2. The van der Waals surface area contributed by atoms with Gasteiger partial charge in [0, 0.05) is 37.1 Å². The van der Waals surface area contributed by atoms with Gasteiger partial charge in [-0.05, 0) is 36.4 Å². The molecular formula is C19H17F2N3S. The lowest BCUT2D eigenvalue weighted by Crippen LogP contribution is -2.46. The first kappa shape index (κ1) is 16.0. The van der Waals surface area contributed by atoms with E-state index < -0.39 is 0 Å². The summed E-state index contributed by atoms with van der Waals surface area (Å²) in [7, 11) is 0. The van der Waals surface area contributed by atoms with Gasteiger partial charge in [-0.2, -0.15) is 0 Å². The molecule has 1 fully saturated rings. The molecule has 128 valence electrons. The monoisotopic (exact) mass is 357 g/mol. The van der Waals surface area contributed by atoms with Crippen molar-refractivity contribution in [3.8, 4) is 11.3 Å². The summed E-state index contributed by atoms with van der Waals surface area (Å²) in [5, 5.41) is 2.94. The van der Waals surface area contributed by atoms with Gasteiger partial charge >= 0.3 is 0 Å². The predicted octanol–water partition coefficient (Wildman–Crippen LogP) is 4.41. The van der Waals surface area contributed by atoms with E-state index in [1.165, 1.54) is 18.2 Å². The third-order valence-corrected chi connectivity index (χ3v) is 5.28. The average molecular weight is 357 g/mol. The molecule has 0 N–H and O–H groups in total. The number of rotatable bonds is 3. The van der Waals surface area contributed by atoms with Crippen molar-refractivity contribution in [2.24, 2.45) is 0 Å². The minimum Gasteiger partial charge on any atom is -0.366 e. The second-order valence-corrected chi connectivity index (χ2v) is 6.78. The van der Waals surface area contributed by atoms with Crippen molar-refractivity contribution in [2.45, 2.75) is 0 Å². The third kappa shape index (κ3) is 3.35. The number of para-hydroxylation sites is 1. The first-order chi connectivity index (χ1) is 12.2. The molecule has 1 saturated heterocycles. The van der Waals surface area contributed by atoms with Crippen molar-refractivity contribution in [2.75, 3.05) is 36.0 Å². The quantitative estimate of drug-likeness (QED) is 0.692. The number of anilines is 2. The Kier molecular flexibility index (Phi) is 4.36. The number of hydrogen-bond donors (Lipinski definition) is 0. The van der Waals surface area contributed by atoms with E-state index in [2.05, 4.69) is 14.8 Å². The molecule has 2 aromatic carbocycles. The maximum absolute atomic E-state index is 13.9. The van der Waals surface area contributed by atoms with E-state index in [-0.39, 0.29) is 11.6 Å². The number of thiazole rings is 1. The number of hydrogen-bond acceptors (Lipinski definition) is 4. The predicted molar refractivity (Wildman–Crippen MR) is 98.3 cm³/mol.